The first-order valence-corrected chi connectivity index (χ1v) is 10.5. The number of rotatable bonds is 3. The van der Waals surface area contributed by atoms with Gasteiger partial charge in [-0.3, -0.25) is 4.99 Å². The average molecular weight is 498 g/mol. The van der Waals surface area contributed by atoms with Crippen LogP contribution in [0.1, 0.15) is 37.7 Å². The number of likely N-dealkylation sites (N-methyl/N-ethyl adjacent to an activating group) is 1. The van der Waals surface area contributed by atoms with Crippen LogP contribution in [0.5, 0.6) is 0 Å². The molecule has 0 amide bonds. The van der Waals surface area contributed by atoms with Gasteiger partial charge in [0.25, 0.3) is 0 Å². The molecule has 0 atom stereocenters. The van der Waals surface area contributed by atoms with E-state index in [9.17, 15) is 0 Å². The first kappa shape index (κ1) is 21.6. The minimum Gasteiger partial charge on any atom is -0.354 e. The zero-order chi connectivity index (χ0) is 18.7. The Bertz CT molecular complexity index is 665. The number of guanidine groups is 1. The SMILES string of the molecule is CN=C(NCc1ccnc(N2CCN(C)CC2)c1)N1CCC2(CCCC2)C1.I. The predicted octanol–water partition coefficient (Wildman–Crippen LogP) is 2.79. The standard InChI is InChI=1S/C21H34N6.HI/c1-22-20(27-10-8-21(17-27)6-3-4-7-21)24-16-18-5-9-23-19(15-18)26-13-11-25(2)12-14-26;/h5,9,15H,3-4,6-8,10-14,16-17H2,1-2H3,(H,22,24);1H. The van der Waals surface area contributed by atoms with E-state index in [1.807, 2.05) is 13.2 Å². The summed E-state index contributed by atoms with van der Waals surface area (Å²) in [6, 6.07) is 4.34. The lowest BCUT2D eigenvalue weighted by Gasteiger charge is -2.33. The Labute approximate surface area is 186 Å². The molecule has 1 aliphatic carbocycles. The fraction of sp³-hybridized carbons (Fsp3) is 0.714. The van der Waals surface area contributed by atoms with Gasteiger partial charge in [-0.15, -0.1) is 24.0 Å². The van der Waals surface area contributed by atoms with Crippen molar-refractivity contribution >= 4 is 35.8 Å². The van der Waals surface area contributed by atoms with Crippen molar-refractivity contribution in [3.63, 3.8) is 0 Å². The maximum Gasteiger partial charge on any atom is 0.193 e. The molecular formula is C21H35IN6. The molecule has 0 aromatic carbocycles. The van der Waals surface area contributed by atoms with Crippen LogP contribution >= 0.6 is 24.0 Å². The van der Waals surface area contributed by atoms with Gasteiger partial charge >= 0.3 is 0 Å². The van der Waals surface area contributed by atoms with Crippen LogP contribution in [0.4, 0.5) is 5.82 Å². The van der Waals surface area contributed by atoms with Crippen molar-refractivity contribution < 1.29 is 0 Å². The Balaban J connectivity index is 0.00000225. The van der Waals surface area contributed by atoms with Gasteiger partial charge in [-0.05, 0) is 49.4 Å². The van der Waals surface area contributed by atoms with E-state index >= 15 is 0 Å². The van der Waals surface area contributed by atoms with E-state index in [0.29, 0.717) is 5.41 Å². The van der Waals surface area contributed by atoms with E-state index in [0.717, 1.165) is 51.0 Å². The summed E-state index contributed by atoms with van der Waals surface area (Å²) in [6.45, 7) is 7.44. The monoisotopic (exact) mass is 498 g/mol. The van der Waals surface area contributed by atoms with Gasteiger partial charge in [0.05, 0.1) is 0 Å². The highest BCUT2D eigenvalue weighted by Gasteiger charge is 2.41. The highest BCUT2D eigenvalue weighted by atomic mass is 127. The number of nitrogens with zero attached hydrogens (tertiary/aromatic N) is 5. The first-order chi connectivity index (χ1) is 13.2. The third kappa shape index (κ3) is 4.90. The second-order valence-electron chi connectivity index (χ2n) is 8.59. The van der Waals surface area contributed by atoms with Crippen molar-refractivity contribution in [2.75, 3.05) is 58.3 Å². The Kier molecular flexibility index (Phi) is 7.42. The van der Waals surface area contributed by atoms with Gasteiger partial charge in [0.15, 0.2) is 5.96 Å². The van der Waals surface area contributed by atoms with Crippen LogP contribution in [0.25, 0.3) is 0 Å². The molecule has 1 N–H and O–H groups in total. The molecule has 4 rings (SSSR count). The maximum absolute atomic E-state index is 4.60. The molecule has 0 radical (unpaired) electrons. The van der Waals surface area contributed by atoms with Crippen LogP contribution in [0.3, 0.4) is 0 Å². The molecule has 1 aromatic rings. The zero-order valence-corrected chi connectivity index (χ0v) is 19.7. The van der Waals surface area contributed by atoms with Crippen LogP contribution in [-0.2, 0) is 6.54 Å². The molecule has 1 saturated carbocycles. The number of likely N-dealkylation sites (tertiary alicyclic amines) is 1. The van der Waals surface area contributed by atoms with Crippen molar-refractivity contribution in [2.45, 2.75) is 38.6 Å². The minimum absolute atomic E-state index is 0. The molecular weight excluding hydrogens is 463 g/mol. The van der Waals surface area contributed by atoms with E-state index < -0.39 is 0 Å². The van der Waals surface area contributed by atoms with Gasteiger partial charge in [-0.2, -0.15) is 0 Å². The third-order valence-electron chi connectivity index (χ3n) is 6.70. The maximum atomic E-state index is 4.60. The Morgan fingerprint density at radius 2 is 1.89 bits per heavy atom. The van der Waals surface area contributed by atoms with Crippen LogP contribution in [0.2, 0.25) is 0 Å². The molecule has 0 bridgehead atoms. The fourth-order valence-corrected chi connectivity index (χ4v) is 4.94. The topological polar surface area (TPSA) is 47.0 Å². The molecule has 3 fully saturated rings. The highest BCUT2D eigenvalue weighted by Crippen LogP contribution is 2.45. The number of halogens is 1. The largest absolute Gasteiger partial charge is 0.354 e. The second kappa shape index (κ2) is 9.61. The molecule has 1 aromatic heterocycles. The molecule has 2 aliphatic heterocycles. The Morgan fingerprint density at radius 1 is 1.14 bits per heavy atom. The Hall–Kier alpha value is -1.09. The summed E-state index contributed by atoms with van der Waals surface area (Å²) in [6.07, 6.45) is 8.89. The number of hydrogen-bond donors (Lipinski definition) is 1. The minimum atomic E-state index is 0. The number of pyridine rings is 1. The quantitative estimate of drug-likeness (QED) is 0.395. The van der Waals surface area contributed by atoms with Crippen molar-refractivity contribution in [3.05, 3.63) is 23.9 Å². The van der Waals surface area contributed by atoms with E-state index in [1.165, 1.54) is 44.2 Å². The lowest BCUT2D eigenvalue weighted by atomic mass is 9.86. The van der Waals surface area contributed by atoms with Gasteiger partial charge < -0.3 is 20.0 Å². The lowest BCUT2D eigenvalue weighted by Crippen LogP contribution is -2.44. The van der Waals surface area contributed by atoms with E-state index in [1.54, 1.807) is 0 Å². The summed E-state index contributed by atoms with van der Waals surface area (Å²) in [5.74, 6) is 2.15. The van der Waals surface area contributed by atoms with Crippen LogP contribution in [0, 0.1) is 5.41 Å². The summed E-state index contributed by atoms with van der Waals surface area (Å²) in [4.78, 5) is 16.4. The highest BCUT2D eigenvalue weighted by molar-refractivity contribution is 14.0. The molecule has 1 spiro atoms. The number of aliphatic imine (C=N–C) groups is 1. The summed E-state index contributed by atoms with van der Waals surface area (Å²) < 4.78 is 0. The number of anilines is 1. The van der Waals surface area contributed by atoms with Crippen LogP contribution in [-0.4, -0.2) is 74.1 Å². The molecule has 6 nitrogen and oxygen atoms in total. The van der Waals surface area contributed by atoms with Crippen LogP contribution in [0.15, 0.2) is 23.3 Å². The molecule has 156 valence electrons. The molecule has 2 saturated heterocycles. The smallest absolute Gasteiger partial charge is 0.193 e. The number of piperazine rings is 1. The van der Waals surface area contributed by atoms with Crippen molar-refractivity contribution in [1.29, 1.82) is 0 Å². The van der Waals surface area contributed by atoms with E-state index in [4.69, 9.17) is 0 Å². The van der Waals surface area contributed by atoms with Crippen molar-refractivity contribution in [2.24, 2.45) is 10.4 Å². The fourth-order valence-electron chi connectivity index (χ4n) is 4.94. The summed E-state index contributed by atoms with van der Waals surface area (Å²) in [7, 11) is 4.09. The zero-order valence-electron chi connectivity index (χ0n) is 17.4. The van der Waals surface area contributed by atoms with Gasteiger partial charge in [0.2, 0.25) is 0 Å². The van der Waals surface area contributed by atoms with Gasteiger partial charge in [-0.1, -0.05) is 12.8 Å². The normalized spacial score (nSPS) is 22.6. The number of nitrogens with one attached hydrogen (secondary N) is 1. The summed E-state index contributed by atoms with van der Waals surface area (Å²) in [5, 5.41) is 3.59. The van der Waals surface area contributed by atoms with Gasteiger partial charge in [0, 0.05) is 59.1 Å². The van der Waals surface area contributed by atoms with Crippen molar-refractivity contribution in [3.8, 4) is 0 Å². The number of hydrogen-bond acceptors (Lipinski definition) is 4. The Morgan fingerprint density at radius 3 is 2.61 bits per heavy atom. The molecule has 0 unspecified atom stereocenters. The van der Waals surface area contributed by atoms with Gasteiger partial charge in [-0.25, -0.2) is 4.98 Å². The lowest BCUT2D eigenvalue weighted by molar-refractivity contribution is 0.309. The predicted molar refractivity (Wildman–Crippen MR) is 127 cm³/mol. The molecule has 3 aliphatic rings. The van der Waals surface area contributed by atoms with Crippen molar-refractivity contribution in [1.82, 2.24) is 20.1 Å². The number of aromatic nitrogens is 1. The first-order valence-electron chi connectivity index (χ1n) is 10.5. The molecule has 7 heteroatoms. The average Bonchev–Trinajstić information content (AvgIpc) is 3.33. The van der Waals surface area contributed by atoms with Crippen LogP contribution < -0.4 is 10.2 Å². The summed E-state index contributed by atoms with van der Waals surface area (Å²) >= 11 is 0. The van der Waals surface area contributed by atoms with E-state index in [-0.39, 0.29) is 24.0 Å². The van der Waals surface area contributed by atoms with Gasteiger partial charge in [0.1, 0.15) is 5.82 Å². The molecule has 3 heterocycles. The second-order valence-corrected chi connectivity index (χ2v) is 8.59. The summed E-state index contributed by atoms with van der Waals surface area (Å²) in [5.41, 5.74) is 1.85. The van der Waals surface area contributed by atoms with E-state index in [2.05, 4.69) is 49.2 Å². The molecule has 28 heavy (non-hydrogen) atoms. The third-order valence-corrected chi connectivity index (χ3v) is 6.70.